The molecule has 1 atom stereocenters. The average Bonchev–Trinajstić information content (AvgIpc) is 3.57. The standard InChI is InChI=1S/C27H29N3O4/c1-34-19-9-10-20-21(12-19)28-25-22(13-31)30(23(32)11-17-7-8-17)16-27(24(20)25)14-29(15-27)26(33)18-5-3-2-4-6-18/h2-6,9-10,12,17,22,28,31H,7-8,11,13-16H2,1H3/t22-/m0/s1. The third kappa shape index (κ3) is 3.29. The van der Waals surface area contributed by atoms with E-state index in [1.807, 2.05) is 58.3 Å². The van der Waals surface area contributed by atoms with Gasteiger partial charge in [0.25, 0.3) is 5.91 Å². The second kappa shape index (κ2) is 7.87. The van der Waals surface area contributed by atoms with Gasteiger partial charge in [0.1, 0.15) is 5.75 Å². The quantitative estimate of drug-likeness (QED) is 0.613. The van der Waals surface area contributed by atoms with Crippen molar-refractivity contribution >= 4 is 22.7 Å². The number of carbonyl (C=O) groups excluding carboxylic acids is 2. The number of rotatable bonds is 5. The summed E-state index contributed by atoms with van der Waals surface area (Å²) in [6.07, 6.45) is 2.74. The maximum atomic E-state index is 13.3. The van der Waals surface area contributed by atoms with Crippen molar-refractivity contribution in [1.29, 1.82) is 0 Å². The monoisotopic (exact) mass is 459 g/mol. The summed E-state index contributed by atoms with van der Waals surface area (Å²) in [4.78, 5) is 33.7. The van der Waals surface area contributed by atoms with Crippen LogP contribution in [0.4, 0.5) is 0 Å². The number of likely N-dealkylation sites (tertiary alicyclic amines) is 1. The van der Waals surface area contributed by atoms with Crippen LogP contribution in [0.3, 0.4) is 0 Å². The summed E-state index contributed by atoms with van der Waals surface area (Å²) in [5.74, 6) is 1.32. The normalized spacial score (nSPS) is 20.8. The van der Waals surface area contributed by atoms with Crippen LogP contribution < -0.4 is 4.74 Å². The molecule has 6 rings (SSSR count). The molecule has 2 amide bonds. The Morgan fingerprint density at radius 3 is 2.56 bits per heavy atom. The first-order valence-corrected chi connectivity index (χ1v) is 12.0. The summed E-state index contributed by atoms with van der Waals surface area (Å²) < 4.78 is 5.42. The van der Waals surface area contributed by atoms with Crippen LogP contribution in [-0.2, 0) is 10.2 Å². The van der Waals surface area contributed by atoms with Crippen LogP contribution in [0, 0.1) is 5.92 Å². The van der Waals surface area contributed by atoms with Crippen molar-refractivity contribution in [2.75, 3.05) is 33.4 Å². The second-order valence-electron chi connectivity index (χ2n) is 10.0. The topological polar surface area (TPSA) is 85.9 Å². The Bertz CT molecular complexity index is 1260. The molecule has 1 saturated heterocycles. The van der Waals surface area contributed by atoms with Gasteiger partial charge in [0, 0.05) is 54.3 Å². The van der Waals surface area contributed by atoms with Crippen LogP contribution in [0.25, 0.3) is 10.9 Å². The van der Waals surface area contributed by atoms with Crippen LogP contribution in [-0.4, -0.2) is 65.1 Å². The number of aliphatic hydroxyl groups is 1. The number of aliphatic hydroxyl groups excluding tert-OH is 1. The zero-order valence-corrected chi connectivity index (χ0v) is 19.3. The Kier molecular flexibility index (Phi) is 4.92. The molecule has 1 aromatic heterocycles. The largest absolute Gasteiger partial charge is 0.497 e. The SMILES string of the molecule is COc1ccc2c3c([nH]c2c1)[C@H](CO)N(C(=O)CC1CC1)CC31CN(C(=O)c2ccccc2)C1. The smallest absolute Gasteiger partial charge is 0.253 e. The number of hydrogen-bond donors (Lipinski definition) is 2. The van der Waals surface area contributed by atoms with Gasteiger partial charge in [-0.2, -0.15) is 0 Å². The lowest BCUT2D eigenvalue weighted by atomic mass is 9.68. The number of fused-ring (bicyclic) bond motifs is 4. The maximum absolute atomic E-state index is 13.3. The van der Waals surface area contributed by atoms with E-state index in [4.69, 9.17) is 4.74 Å². The molecule has 0 unspecified atom stereocenters. The van der Waals surface area contributed by atoms with E-state index in [9.17, 15) is 14.7 Å². The van der Waals surface area contributed by atoms with E-state index in [-0.39, 0.29) is 23.8 Å². The molecule has 1 spiro atoms. The van der Waals surface area contributed by atoms with Crippen molar-refractivity contribution in [3.63, 3.8) is 0 Å². The van der Waals surface area contributed by atoms with Crippen molar-refractivity contribution in [3.8, 4) is 5.75 Å². The van der Waals surface area contributed by atoms with Crippen LogP contribution in [0.15, 0.2) is 48.5 Å². The van der Waals surface area contributed by atoms with E-state index in [0.29, 0.717) is 37.5 Å². The summed E-state index contributed by atoms with van der Waals surface area (Å²) in [6.45, 7) is 1.45. The Labute approximate surface area is 198 Å². The highest BCUT2D eigenvalue weighted by atomic mass is 16.5. The third-order valence-electron chi connectivity index (χ3n) is 7.70. The fraction of sp³-hybridized carbons (Fsp3) is 0.407. The number of aromatic amines is 1. The molecule has 7 heteroatoms. The lowest BCUT2D eigenvalue weighted by Gasteiger charge is -2.56. The highest BCUT2D eigenvalue weighted by Gasteiger charge is 2.55. The first-order valence-electron chi connectivity index (χ1n) is 12.0. The summed E-state index contributed by atoms with van der Waals surface area (Å²) in [7, 11) is 1.64. The summed E-state index contributed by atoms with van der Waals surface area (Å²) in [6, 6.07) is 14.9. The molecule has 3 heterocycles. The molecular formula is C27H29N3O4. The van der Waals surface area contributed by atoms with E-state index in [2.05, 4.69) is 4.98 Å². The number of ether oxygens (including phenoxy) is 1. The Morgan fingerprint density at radius 2 is 1.88 bits per heavy atom. The molecule has 2 N–H and O–H groups in total. The van der Waals surface area contributed by atoms with E-state index < -0.39 is 6.04 Å². The molecule has 0 radical (unpaired) electrons. The number of H-pyrrole nitrogens is 1. The van der Waals surface area contributed by atoms with Crippen molar-refractivity contribution in [1.82, 2.24) is 14.8 Å². The molecule has 1 aliphatic carbocycles. The molecule has 3 aliphatic rings. The summed E-state index contributed by atoms with van der Waals surface area (Å²) in [5, 5.41) is 11.4. The predicted molar refractivity (Wildman–Crippen MR) is 128 cm³/mol. The highest BCUT2D eigenvalue weighted by molar-refractivity contribution is 5.96. The fourth-order valence-electron chi connectivity index (χ4n) is 5.80. The van der Waals surface area contributed by atoms with Gasteiger partial charge in [-0.15, -0.1) is 0 Å². The molecule has 176 valence electrons. The first-order chi connectivity index (χ1) is 16.5. The molecule has 2 aromatic carbocycles. The fourth-order valence-corrected chi connectivity index (χ4v) is 5.80. The maximum Gasteiger partial charge on any atom is 0.253 e. The zero-order chi connectivity index (χ0) is 23.4. The molecule has 1 saturated carbocycles. The Morgan fingerprint density at radius 1 is 1.12 bits per heavy atom. The van der Waals surface area contributed by atoms with E-state index in [1.54, 1.807) is 7.11 Å². The Hall–Kier alpha value is -3.32. The minimum Gasteiger partial charge on any atom is -0.497 e. The highest BCUT2D eigenvalue weighted by Crippen LogP contribution is 2.49. The molecule has 3 aromatic rings. The minimum atomic E-state index is -0.413. The number of amides is 2. The van der Waals surface area contributed by atoms with Crippen molar-refractivity contribution in [2.24, 2.45) is 5.92 Å². The van der Waals surface area contributed by atoms with Gasteiger partial charge >= 0.3 is 0 Å². The van der Waals surface area contributed by atoms with E-state index in [0.717, 1.165) is 40.8 Å². The van der Waals surface area contributed by atoms with Crippen LogP contribution in [0.1, 0.15) is 46.9 Å². The molecule has 2 aliphatic heterocycles. The van der Waals surface area contributed by atoms with Gasteiger partial charge in [-0.1, -0.05) is 18.2 Å². The molecule has 34 heavy (non-hydrogen) atoms. The van der Waals surface area contributed by atoms with E-state index in [1.165, 1.54) is 0 Å². The van der Waals surface area contributed by atoms with Gasteiger partial charge in [0.15, 0.2) is 0 Å². The van der Waals surface area contributed by atoms with Crippen LogP contribution in [0.5, 0.6) is 5.75 Å². The number of carbonyl (C=O) groups is 2. The van der Waals surface area contributed by atoms with Crippen LogP contribution >= 0.6 is 0 Å². The van der Waals surface area contributed by atoms with Crippen molar-refractivity contribution < 1.29 is 19.4 Å². The molecular weight excluding hydrogens is 430 g/mol. The average molecular weight is 460 g/mol. The summed E-state index contributed by atoms with van der Waals surface area (Å²) in [5.41, 5.74) is 3.24. The third-order valence-corrected chi connectivity index (χ3v) is 7.70. The minimum absolute atomic E-state index is 0.00873. The van der Waals surface area contributed by atoms with Gasteiger partial charge in [-0.05, 0) is 48.6 Å². The van der Waals surface area contributed by atoms with E-state index >= 15 is 0 Å². The van der Waals surface area contributed by atoms with Gasteiger partial charge in [-0.3, -0.25) is 9.59 Å². The number of nitrogens with one attached hydrogen (secondary N) is 1. The summed E-state index contributed by atoms with van der Waals surface area (Å²) >= 11 is 0. The lowest BCUT2D eigenvalue weighted by molar-refractivity contribution is -0.138. The van der Waals surface area contributed by atoms with Crippen molar-refractivity contribution in [2.45, 2.75) is 30.7 Å². The molecule has 2 fully saturated rings. The number of benzene rings is 2. The van der Waals surface area contributed by atoms with Gasteiger partial charge < -0.3 is 24.6 Å². The number of nitrogens with zero attached hydrogens (tertiary/aromatic N) is 2. The van der Waals surface area contributed by atoms with Gasteiger partial charge in [0.05, 0.1) is 25.2 Å². The zero-order valence-electron chi connectivity index (χ0n) is 19.3. The van der Waals surface area contributed by atoms with Gasteiger partial charge in [-0.25, -0.2) is 0 Å². The molecule has 7 nitrogen and oxygen atoms in total. The number of methoxy groups -OCH3 is 1. The Balaban J connectivity index is 1.41. The second-order valence-corrected chi connectivity index (χ2v) is 10.0. The number of hydrogen-bond acceptors (Lipinski definition) is 4. The van der Waals surface area contributed by atoms with Gasteiger partial charge in [0.2, 0.25) is 5.91 Å². The van der Waals surface area contributed by atoms with Crippen LogP contribution in [0.2, 0.25) is 0 Å². The first kappa shape index (κ1) is 21.2. The number of aromatic nitrogens is 1. The predicted octanol–water partition coefficient (Wildman–Crippen LogP) is 3.25. The van der Waals surface area contributed by atoms with Crippen molar-refractivity contribution in [3.05, 3.63) is 65.4 Å². The molecule has 0 bridgehead atoms. The lowest BCUT2D eigenvalue weighted by Crippen LogP contribution is -2.68.